The second-order valence-electron chi connectivity index (χ2n) is 7.14. The molecule has 1 aromatic heterocycles. The van der Waals surface area contributed by atoms with Crippen LogP contribution in [0.15, 0.2) is 64.6 Å². The van der Waals surface area contributed by atoms with Crippen molar-refractivity contribution in [2.75, 3.05) is 5.75 Å². The van der Waals surface area contributed by atoms with Crippen molar-refractivity contribution >= 4 is 23.9 Å². The minimum absolute atomic E-state index is 0.0763. The van der Waals surface area contributed by atoms with E-state index in [0.29, 0.717) is 6.42 Å². The molecule has 0 saturated carbocycles. The second-order valence-corrected chi connectivity index (χ2v) is 8.30. The monoisotopic (exact) mass is 405 g/mol. The molecular weight excluding hydrogens is 378 g/mol. The van der Waals surface area contributed by atoms with Gasteiger partial charge in [0.15, 0.2) is 0 Å². The number of aryl methyl sites for hydroxylation is 3. The van der Waals surface area contributed by atoms with Crippen molar-refractivity contribution in [1.82, 2.24) is 9.99 Å². The summed E-state index contributed by atoms with van der Waals surface area (Å²) in [7, 11) is 0. The van der Waals surface area contributed by atoms with Crippen LogP contribution < -0.4 is 5.43 Å². The predicted octanol–water partition coefficient (Wildman–Crippen LogP) is 5.34. The van der Waals surface area contributed by atoms with Crippen molar-refractivity contribution in [2.24, 2.45) is 5.10 Å². The number of nitrogens with zero attached hydrogens (tertiary/aromatic N) is 2. The SMILES string of the molecule is Cc1ccc(-n2c(C)cc(/C=N/NC(=O)CCSc3ccccc3)c2C)cc1C. The van der Waals surface area contributed by atoms with E-state index in [1.165, 1.54) is 16.0 Å². The Bertz CT molecular complexity index is 1020. The number of hydrazone groups is 1. The highest BCUT2D eigenvalue weighted by Crippen LogP contribution is 2.22. The molecule has 0 fully saturated rings. The highest BCUT2D eigenvalue weighted by Gasteiger charge is 2.10. The molecule has 3 rings (SSSR count). The predicted molar refractivity (Wildman–Crippen MR) is 122 cm³/mol. The van der Waals surface area contributed by atoms with E-state index < -0.39 is 0 Å². The van der Waals surface area contributed by atoms with Gasteiger partial charge in [-0.3, -0.25) is 4.79 Å². The Morgan fingerprint density at radius 3 is 2.52 bits per heavy atom. The van der Waals surface area contributed by atoms with Crippen LogP contribution in [0, 0.1) is 27.7 Å². The number of thioether (sulfide) groups is 1. The molecule has 0 aliphatic heterocycles. The van der Waals surface area contributed by atoms with Crippen LogP contribution in [-0.2, 0) is 4.79 Å². The lowest BCUT2D eigenvalue weighted by Gasteiger charge is -2.11. The van der Waals surface area contributed by atoms with E-state index in [2.05, 4.69) is 67.1 Å². The number of benzene rings is 2. The zero-order valence-electron chi connectivity index (χ0n) is 17.4. The Kier molecular flexibility index (Phi) is 6.94. The van der Waals surface area contributed by atoms with Crippen LogP contribution >= 0.6 is 11.8 Å². The van der Waals surface area contributed by atoms with E-state index in [1.54, 1.807) is 18.0 Å². The number of aromatic nitrogens is 1. The molecule has 0 aliphatic rings. The first-order valence-electron chi connectivity index (χ1n) is 9.72. The summed E-state index contributed by atoms with van der Waals surface area (Å²) in [5.74, 6) is 0.653. The highest BCUT2D eigenvalue weighted by molar-refractivity contribution is 7.99. The number of hydrogen-bond donors (Lipinski definition) is 1. The Morgan fingerprint density at radius 2 is 1.79 bits per heavy atom. The Labute approximate surface area is 177 Å². The van der Waals surface area contributed by atoms with Gasteiger partial charge in [-0.15, -0.1) is 11.8 Å². The van der Waals surface area contributed by atoms with Gasteiger partial charge in [0.05, 0.1) is 6.21 Å². The summed E-state index contributed by atoms with van der Waals surface area (Å²) in [6.07, 6.45) is 2.15. The number of carbonyl (C=O) groups excluding carboxylic acids is 1. The van der Waals surface area contributed by atoms with Gasteiger partial charge in [-0.1, -0.05) is 24.3 Å². The smallest absolute Gasteiger partial charge is 0.240 e. The lowest BCUT2D eigenvalue weighted by atomic mass is 10.1. The minimum atomic E-state index is -0.0763. The largest absolute Gasteiger partial charge is 0.318 e. The maximum Gasteiger partial charge on any atom is 0.240 e. The zero-order chi connectivity index (χ0) is 20.8. The molecule has 0 unspecified atom stereocenters. The molecule has 3 aromatic rings. The first kappa shape index (κ1) is 20.9. The third kappa shape index (κ3) is 5.39. The average Bonchev–Trinajstić information content (AvgIpc) is 2.98. The molecule has 0 radical (unpaired) electrons. The van der Waals surface area contributed by atoms with Crippen molar-refractivity contribution in [2.45, 2.75) is 39.0 Å². The molecule has 0 bridgehead atoms. The van der Waals surface area contributed by atoms with Crippen LogP contribution in [-0.4, -0.2) is 22.4 Å². The van der Waals surface area contributed by atoms with Crippen molar-refractivity contribution in [3.63, 3.8) is 0 Å². The van der Waals surface area contributed by atoms with Crippen molar-refractivity contribution in [3.05, 3.63) is 82.7 Å². The average molecular weight is 406 g/mol. The molecule has 0 atom stereocenters. The lowest BCUT2D eigenvalue weighted by molar-refractivity contribution is -0.120. The van der Waals surface area contributed by atoms with Crippen molar-refractivity contribution < 1.29 is 4.79 Å². The van der Waals surface area contributed by atoms with Gasteiger partial charge in [0.1, 0.15) is 0 Å². The number of rotatable bonds is 7. The fraction of sp³-hybridized carbons (Fsp3) is 0.250. The number of amides is 1. The van der Waals surface area contributed by atoms with E-state index in [0.717, 1.165) is 28.4 Å². The Hall–Kier alpha value is -2.79. The summed E-state index contributed by atoms with van der Waals surface area (Å²) >= 11 is 1.67. The summed E-state index contributed by atoms with van der Waals surface area (Å²) < 4.78 is 2.21. The van der Waals surface area contributed by atoms with Gasteiger partial charge < -0.3 is 4.57 Å². The Morgan fingerprint density at radius 1 is 1.03 bits per heavy atom. The molecule has 29 heavy (non-hydrogen) atoms. The van der Waals surface area contributed by atoms with Gasteiger partial charge in [-0.25, -0.2) is 5.43 Å². The minimum Gasteiger partial charge on any atom is -0.318 e. The van der Waals surface area contributed by atoms with Crippen LogP contribution in [0.5, 0.6) is 0 Å². The molecule has 1 amide bonds. The molecule has 1 heterocycles. The molecule has 0 saturated heterocycles. The zero-order valence-corrected chi connectivity index (χ0v) is 18.2. The molecular formula is C24H27N3OS. The molecule has 0 spiro atoms. The van der Waals surface area contributed by atoms with Gasteiger partial charge in [0.2, 0.25) is 5.91 Å². The van der Waals surface area contributed by atoms with Crippen LogP contribution in [0.3, 0.4) is 0 Å². The molecule has 0 aliphatic carbocycles. The lowest BCUT2D eigenvalue weighted by Crippen LogP contribution is -2.17. The van der Waals surface area contributed by atoms with E-state index >= 15 is 0 Å². The fourth-order valence-electron chi connectivity index (χ4n) is 3.19. The fourth-order valence-corrected chi connectivity index (χ4v) is 4.06. The summed E-state index contributed by atoms with van der Waals surface area (Å²) in [6.45, 7) is 8.40. The third-order valence-corrected chi connectivity index (χ3v) is 5.97. The summed E-state index contributed by atoms with van der Waals surface area (Å²) in [4.78, 5) is 13.2. The molecule has 5 heteroatoms. The van der Waals surface area contributed by atoms with Crippen molar-refractivity contribution in [3.8, 4) is 5.69 Å². The van der Waals surface area contributed by atoms with E-state index in [4.69, 9.17) is 0 Å². The van der Waals surface area contributed by atoms with E-state index in [-0.39, 0.29) is 5.91 Å². The number of nitrogens with one attached hydrogen (secondary N) is 1. The van der Waals surface area contributed by atoms with Gasteiger partial charge in [-0.05, 0) is 69.2 Å². The Balaban J connectivity index is 1.59. The van der Waals surface area contributed by atoms with Crippen LogP contribution in [0.2, 0.25) is 0 Å². The number of carbonyl (C=O) groups is 1. The topological polar surface area (TPSA) is 46.4 Å². The standard InChI is InChI=1S/C24H27N3OS/c1-17-10-11-22(14-18(17)2)27-19(3)15-21(20(27)4)16-25-26-24(28)12-13-29-23-8-6-5-7-9-23/h5-11,14-16H,12-13H2,1-4H3,(H,26,28)/b25-16+. The highest BCUT2D eigenvalue weighted by atomic mass is 32.2. The number of hydrogen-bond acceptors (Lipinski definition) is 3. The van der Waals surface area contributed by atoms with Gasteiger partial charge in [0.25, 0.3) is 0 Å². The van der Waals surface area contributed by atoms with Crippen LogP contribution in [0.25, 0.3) is 5.69 Å². The molecule has 1 N–H and O–H groups in total. The first-order valence-corrected chi connectivity index (χ1v) is 10.7. The molecule has 4 nitrogen and oxygen atoms in total. The third-order valence-electron chi connectivity index (χ3n) is 4.95. The van der Waals surface area contributed by atoms with Gasteiger partial charge >= 0.3 is 0 Å². The molecule has 150 valence electrons. The first-order chi connectivity index (χ1) is 14.0. The second kappa shape index (κ2) is 9.61. The summed E-state index contributed by atoms with van der Waals surface area (Å²) in [5.41, 5.74) is 9.57. The van der Waals surface area contributed by atoms with E-state index in [9.17, 15) is 4.79 Å². The normalized spacial score (nSPS) is 11.2. The van der Waals surface area contributed by atoms with E-state index in [1.807, 2.05) is 30.3 Å². The molecule has 2 aromatic carbocycles. The summed E-state index contributed by atoms with van der Waals surface area (Å²) in [5, 5.41) is 4.16. The maximum atomic E-state index is 12.0. The van der Waals surface area contributed by atoms with Crippen molar-refractivity contribution in [1.29, 1.82) is 0 Å². The van der Waals surface area contributed by atoms with Crippen LogP contribution in [0.1, 0.15) is 34.5 Å². The maximum absolute atomic E-state index is 12.0. The van der Waals surface area contributed by atoms with Gasteiger partial charge in [-0.2, -0.15) is 5.10 Å². The van der Waals surface area contributed by atoms with Gasteiger partial charge in [0, 0.05) is 39.7 Å². The quantitative estimate of drug-likeness (QED) is 0.327. The van der Waals surface area contributed by atoms with Crippen LogP contribution in [0.4, 0.5) is 0 Å². The summed E-state index contributed by atoms with van der Waals surface area (Å²) in [6, 6.07) is 18.6.